The molecule has 1 heterocycles. The molecule has 1 aromatic rings. The number of benzene rings is 1. The van der Waals surface area contributed by atoms with E-state index in [9.17, 15) is 9.59 Å². The zero-order valence-corrected chi connectivity index (χ0v) is 17.4. The number of hydrogen-bond acceptors (Lipinski definition) is 4. The van der Waals surface area contributed by atoms with Crippen molar-refractivity contribution in [3.63, 3.8) is 0 Å². The summed E-state index contributed by atoms with van der Waals surface area (Å²) in [6, 6.07) is 4.64. The smallest absolute Gasteiger partial charge is 0.254 e. The van der Waals surface area contributed by atoms with Crippen LogP contribution in [0, 0.1) is 0 Å². The highest BCUT2D eigenvalue weighted by molar-refractivity contribution is 6.74. The summed E-state index contributed by atoms with van der Waals surface area (Å²) in [5.74, 6) is 0.162. The van der Waals surface area contributed by atoms with Gasteiger partial charge in [-0.25, -0.2) is 0 Å². The highest BCUT2D eigenvalue weighted by Gasteiger charge is 2.39. The van der Waals surface area contributed by atoms with Crippen LogP contribution in [0.4, 0.5) is 5.69 Å². The van der Waals surface area contributed by atoms with E-state index in [0.717, 1.165) is 12.8 Å². The number of hydrogen-bond donors (Lipinski definition) is 3. The standard InChI is InChI=1S/C19H31N3O3Si/c1-19(2,3)26(4,5)25-13-9-10-15(20)14(12-13)17(23)22-16-8-6-7-11-21-18(16)24/h9-10,12,16H,6-8,11,20H2,1-5H3,(H,21,24)(H,22,23). The Labute approximate surface area is 157 Å². The van der Waals surface area contributed by atoms with Gasteiger partial charge in [0, 0.05) is 12.2 Å². The third kappa shape index (κ3) is 4.78. The van der Waals surface area contributed by atoms with Gasteiger partial charge in [-0.3, -0.25) is 9.59 Å². The van der Waals surface area contributed by atoms with Crippen molar-refractivity contribution in [3.8, 4) is 5.75 Å². The molecule has 0 aromatic heterocycles. The van der Waals surface area contributed by atoms with Crippen molar-refractivity contribution in [1.82, 2.24) is 10.6 Å². The average Bonchev–Trinajstić information content (AvgIpc) is 2.72. The Balaban J connectivity index is 2.18. The molecular formula is C19H31N3O3Si. The number of carbonyl (C=O) groups excluding carboxylic acids is 2. The van der Waals surface area contributed by atoms with Crippen LogP contribution in [0.1, 0.15) is 50.4 Å². The van der Waals surface area contributed by atoms with Crippen LogP contribution < -0.4 is 20.8 Å². The van der Waals surface area contributed by atoms with Crippen LogP contribution in [0.5, 0.6) is 5.75 Å². The molecule has 4 N–H and O–H groups in total. The second kappa shape index (κ2) is 7.69. The van der Waals surface area contributed by atoms with E-state index < -0.39 is 14.4 Å². The van der Waals surface area contributed by atoms with Gasteiger partial charge in [0.1, 0.15) is 11.8 Å². The number of nitrogens with one attached hydrogen (secondary N) is 2. The summed E-state index contributed by atoms with van der Waals surface area (Å²) >= 11 is 0. The monoisotopic (exact) mass is 377 g/mol. The maximum absolute atomic E-state index is 12.7. The lowest BCUT2D eigenvalue weighted by molar-refractivity contribution is -0.122. The fraction of sp³-hybridized carbons (Fsp3) is 0.579. The van der Waals surface area contributed by atoms with Crippen molar-refractivity contribution >= 4 is 25.8 Å². The minimum Gasteiger partial charge on any atom is -0.543 e. The van der Waals surface area contributed by atoms with Crippen molar-refractivity contribution < 1.29 is 14.0 Å². The predicted molar refractivity (Wildman–Crippen MR) is 107 cm³/mol. The van der Waals surface area contributed by atoms with Crippen LogP contribution in [-0.2, 0) is 4.79 Å². The van der Waals surface area contributed by atoms with Crippen LogP contribution in [-0.4, -0.2) is 32.7 Å². The minimum absolute atomic E-state index is 0.0508. The highest BCUT2D eigenvalue weighted by Crippen LogP contribution is 2.37. The topological polar surface area (TPSA) is 93.4 Å². The van der Waals surface area contributed by atoms with Crippen LogP contribution in [0.25, 0.3) is 0 Å². The Morgan fingerprint density at radius 2 is 2.00 bits per heavy atom. The lowest BCUT2D eigenvalue weighted by Gasteiger charge is -2.36. The minimum atomic E-state index is -2.02. The van der Waals surface area contributed by atoms with Gasteiger partial charge in [0.2, 0.25) is 14.2 Å². The van der Waals surface area contributed by atoms with Gasteiger partial charge in [-0.05, 0) is 55.6 Å². The molecule has 26 heavy (non-hydrogen) atoms. The summed E-state index contributed by atoms with van der Waals surface area (Å²) in [7, 11) is -2.02. The van der Waals surface area contributed by atoms with Crippen molar-refractivity contribution in [3.05, 3.63) is 23.8 Å². The molecule has 7 heteroatoms. The van der Waals surface area contributed by atoms with E-state index >= 15 is 0 Å². The molecule has 1 aliphatic rings. The molecule has 1 aliphatic heterocycles. The van der Waals surface area contributed by atoms with Gasteiger partial charge in [-0.1, -0.05) is 20.8 Å². The molecule has 0 saturated carbocycles. The van der Waals surface area contributed by atoms with Crippen LogP contribution >= 0.6 is 0 Å². The molecule has 1 fully saturated rings. The van der Waals surface area contributed by atoms with E-state index in [-0.39, 0.29) is 16.9 Å². The number of amides is 2. The highest BCUT2D eigenvalue weighted by atomic mass is 28.4. The Hall–Kier alpha value is -2.02. The number of carbonyl (C=O) groups is 2. The molecule has 0 bridgehead atoms. The van der Waals surface area contributed by atoms with E-state index in [2.05, 4.69) is 44.5 Å². The lowest BCUT2D eigenvalue weighted by atomic mass is 10.1. The van der Waals surface area contributed by atoms with Gasteiger partial charge < -0.3 is 20.8 Å². The van der Waals surface area contributed by atoms with Gasteiger partial charge in [-0.15, -0.1) is 0 Å². The van der Waals surface area contributed by atoms with Crippen molar-refractivity contribution in [2.45, 2.75) is 64.2 Å². The molecule has 1 saturated heterocycles. The zero-order chi connectivity index (χ0) is 19.5. The van der Waals surface area contributed by atoms with Crippen LogP contribution in [0.15, 0.2) is 18.2 Å². The summed E-state index contributed by atoms with van der Waals surface area (Å²) in [5, 5.41) is 5.68. The lowest BCUT2D eigenvalue weighted by Crippen LogP contribution is -2.45. The molecule has 2 amide bonds. The van der Waals surface area contributed by atoms with E-state index in [1.165, 1.54) is 0 Å². The fourth-order valence-electron chi connectivity index (χ4n) is 2.56. The summed E-state index contributed by atoms with van der Waals surface area (Å²) in [5.41, 5.74) is 6.72. The number of nitrogen functional groups attached to an aromatic ring is 1. The van der Waals surface area contributed by atoms with Gasteiger partial charge in [0.15, 0.2) is 0 Å². The third-order valence-corrected chi connectivity index (χ3v) is 9.65. The fourth-order valence-corrected chi connectivity index (χ4v) is 3.58. The first-order valence-corrected chi connectivity index (χ1v) is 12.1. The molecule has 1 aromatic carbocycles. The van der Waals surface area contributed by atoms with E-state index in [0.29, 0.717) is 30.0 Å². The van der Waals surface area contributed by atoms with Gasteiger partial charge >= 0.3 is 0 Å². The second-order valence-corrected chi connectivity index (χ2v) is 13.1. The first kappa shape index (κ1) is 20.3. The van der Waals surface area contributed by atoms with E-state index in [4.69, 9.17) is 10.2 Å². The Morgan fingerprint density at radius 1 is 1.31 bits per heavy atom. The van der Waals surface area contributed by atoms with Crippen LogP contribution in [0.3, 0.4) is 0 Å². The van der Waals surface area contributed by atoms with Gasteiger partial charge in [-0.2, -0.15) is 0 Å². The second-order valence-electron chi connectivity index (χ2n) is 8.42. The van der Waals surface area contributed by atoms with Crippen molar-refractivity contribution in [2.75, 3.05) is 12.3 Å². The normalized spacial score (nSPS) is 18.7. The van der Waals surface area contributed by atoms with E-state index in [1.807, 2.05) is 0 Å². The first-order chi connectivity index (χ1) is 12.0. The molecule has 2 rings (SSSR count). The Kier molecular flexibility index (Phi) is 6.00. The molecule has 0 spiro atoms. The number of anilines is 1. The molecule has 144 valence electrons. The summed E-state index contributed by atoms with van der Waals surface area (Å²) < 4.78 is 6.27. The maximum atomic E-state index is 12.7. The predicted octanol–water partition coefficient (Wildman–Crippen LogP) is 3.05. The third-order valence-electron chi connectivity index (χ3n) is 5.29. The largest absolute Gasteiger partial charge is 0.543 e. The quantitative estimate of drug-likeness (QED) is 0.555. The zero-order valence-electron chi connectivity index (χ0n) is 16.4. The Bertz CT molecular complexity index is 683. The number of nitrogens with two attached hydrogens (primary N) is 1. The van der Waals surface area contributed by atoms with Crippen molar-refractivity contribution in [2.24, 2.45) is 0 Å². The van der Waals surface area contributed by atoms with E-state index in [1.54, 1.807) is 18.2 Å². The summed E-state index contributed by atoms with van der Waals surface area (Å²) in [4.78, 5) is 24.7. The molecular weight excluding hydrogens is 346 g/mol. The molecule has 6 nitrogen and oxygen atoms in total. The summed E-state index contributed by atoms with van der Waals surface area (Å²) in [6.45, 7) is 11.4. The van der Waals surface area contributed by atoms with Crippen molar-refractivity contribution in [1.29, 1.82) is 0 Å². The van der Waals surface area contributed by atoms with Gasteiger partial charge in [0.05, 0.1) is 5.56 Å². The molecule has 1 unspecified atom stereocenters. The maximum Gasteiger partial charge on any atom is 0.254 e. The summed E-state index contributed by atoms with van der Waals surface area (Å²) in [6.07, 6.45) is 2.46. The molecule has 0 aliphatic carbocycles. The molecule has 1 atom stereocenters. The average molecular weight is 378 g/mol. The van der Waals surface area contributed by atoms with Crippen LogP contribution in [0.2, 0.25) is 18.1 Å². The Morgan fingerprint density at radius 3 is 2.65 bits per heavy atom. The first-order valence-electron chi connectivity index (χ1n) is 9.18. The molecule has 0 radical (unpaired) electrons. The number of rotatable bonds is 4. The SMILES string of the molecule is CC(C)(C)[Si](C)(C)Oc1ccc(N)c(C(=O)NC2CCCCNC2=O)c1. The van der Waals surface area contributed by atoms with Gasteiger partial charge in [0.25, 0.3) is 5.91 Å².